The predicted octanol–water partition coefficient (Wildman–Crippen LogP) is 3.87. The Bertz CT molecular complexity index is 870. The highest BCUT2D eigenvalue weighted by Gasteiger charge is 2.18. The van der Waals surface area contributed by atoms with E-state index in [0.29, 0.717) is 36.7 Å². The van der Waals surface area contributed by atoms with Gasteiger partial charge in [-0.2, -0.15) is 0 Å². The van der Waals surface area contributed by atoms with Crippen LogP contribution in [-0.4, -0.2) is 24.9 Å². The van der Waals surface area contributed by atoms with E-state index in [-0.39, 0.29) is 11.7 Å². The third kappa shape index (κ3) is 3.94. The van der Waals surface area contributed by atoms with Gasteiger partial charge in [-0.15, -0.1) is 0 Å². The number of allylic oxidation sites excluding steroid dienone is 1. The second kappa shape index (κ2) is 7.87. The van der Waals surface area contributed by atoms with Crippen molar-refractivity contribution in [3.8, 4) is 11.5 Å². The van der Waals surface area contributed by atoms with E-state index in [9.17, 15) is 9.59 Å². The van der Waals surface area contributed by atoms with Gasteiger partial charge < -0.3 is 14.8 Å². The highest BCUT2D eigenvalue weighted by Crippen LogP contribution is 2.29. The van der Waals surface area contributed by atoms with Crippen molar-refractivity contribution in [2.75, 3.05) is 18.5 Å². The molecular formula is C21H21NO4. The number of rotatable bonds is 7. The zero-order valence-electron chi connectivity index (χ0n) is 14.9. The maximum Gasteiger partial charge on any atom is 0.228 e. The van der Waals surface area contributed by atoms with Crippen LogP contribution in [0.4, 0.5) is 5.69 Å². The van der Waals surface area contributed by atoms with Gasteiger partial charge >= 0.3 is 0 Å². The van der Waals surface area contributed by atoms with Crippen LogP contribution in [0.2, 0.25) is 0 Å². The summed E-state index contributed by atoms with van der Waals surface area (Å²) in [4.78, 5) is 23.9. The van der Waals surface area contributed by atoms with Crippen LogP contribution in [0.3, 0.4) is 0 Å². The Morgan fingerprint density at radius 1 is 1.08 bits per heavy atom. The zero-order chi connectivity index (χ0) is 18.5. The van der Waals surface area contributed by atoms with E-state index < -0.39 is 0 Å². The predicted molar refractivity (Wildman–Crippen MR) is 101 cm³/mol. The smallest absolute Gasteiger partial charge is 0.228 e. The first kappa shape index (κ1) is 17.7. The first-order valence-electron chi connectivity index (χ1n) is 8.65. The fourth-order valence-electron chi connectivity index (χ4n) is 2.82. The summed E-state index contributed by atoms with van der Waals surface area (Å²) >= 11 is 0. The second-order valence-electron chi connectivity index (χ2n) is 5.87. The van der Waals surface area contributed by atoms with Gasteiger partial charge in [0.05, 0.1) is 19.6 Å². The third-order valence-corrected chi connectivity index (χ3v) is 4.01. The molecule has 2 aromatic carbocycles. The Hall–Kier alpha value is -3.08. The van der Waals surface area contributed by atoms with Crippen molar-refractivity contribution in [2.45, 2.75) is 20.3 Å². The molecule has 0 aromatic heterocycles. The fourth-order valence-corrected chi connectivity index (χ4v) is 2.82. The summed E-state index contributed by atoms with van der Waals surface area (Å²) < 4.78 is 11.1. The third-order valence-electron chi connectivity index (χ3n) is 4.01. The summed E-state index contributed by atoms with van der Waals surface area (Å²) in [6.07, 6.45) is 3.59. The fraction of sp³-hybridized carbons (Fsp3) is 0.238. The Kier molecular flexibility index (Phi) is 5.37. The molecule has 0 radical (unpaired) electrons. The van der Waals surface area contributed by atoms with E-state index in [1.54, 1.807) is 24.3 Å². The molecule has 26 heavy (non-hydrogen) atoms. The van der Waals surface area contributed by atoms with Crippen LogP contribution < -0.4 is 14.8 Å². The van der Waals surface area contributed by atoms with E-state index in [4.69, 9.17) is 9.47 Å². The van der Waals surface area contributed by atoms with Gasteiger partial charge in [0.15, 0.2) is 17.3 Å². The van der Waals surface area contributed by atoms with Gasteiger partial charge in [0.2, 0.25) is 5.91 Å². The summed E-state index contributed by atoms with van der Waals surface area (Å²) in [7, 11) is 0. The number of nitrogens with one attached hydrogen (secondary N) is 1. The van der Waals surface area contributed by atoms with Gasteiger partial charge in [-0.05, 0) is 61.4 Å². The molecule has 0 atom stereocenters. The number of ether oxygens (including phenoxy) is 2. The number of anilines is 1. The lowest BCUT2D eigenvalue weighted by Crippen LogP contribution is -2.03. The molecule has 1 heterocycles. The van der Waals surface area contributed by atoms with Crippen LogP contribution >= 0.6 is 0 Å². The first-order valence-corrected chi connectivity index (χ1v) is 8.65. The number of ketones is 1. The molecule has 0 saturated carbocycles. The van der Waals surface area contributed by atoms with Gasteiger partial charge in [-0.25, -0.2) is 0 Å². The largest absolute Gasteiger partial charge is 0.490 e. The summed E-state index contributed by atoms with van der Waals surface area (Å²) in [5.74, 6) is 1.19. The quantitative estimate of drug-likeness (QED) is 0.607. The molecule has 2 aromatic rings. The Labute approximate surface area is 152 Å². The van der Waals surface area contributed by atoms with Crippen molar-refractivity contribution in [1.29, 1.82) is 0 Å². The lowest BCUT2D eigenvalue weighted by Gasteiger charge is -2.11. The number of hydrogen-bond donors (Lipinski definition) is 1. The molecule has 134 valence electrons. The Morgan fingerprint density at radius 2 is 1.85 bits per heavy atom. The Balaban J connectivity index is 1.77. The zero-order valence-corrected chi connectivity index (χ0v) is 14.9. The lowest BCUT2D eigenvalue weighted by molar-refractivity contribution is -0.115. The average Bonchev–Trinajstić information content (AvgIpc) is 3.01. The minimum Gasteiger partial charge on any atom is -0.490 e. The van der Waals surface area contributed by atoms with Gasteiger partial charge in [0.1, 0.15) is 0 Å². The van der Waals surface area contributed by atoms with Gasteiger partial charge in [-0.1, -0.05) is 12.1 Å². The topological polar surface area (TPSA) is 64.6 Å². The van der Waals surface area contributed by atoms with Gasteiger partial charge in [0, 0.05) is 11.3 Å². The monoisotopic (exact) mass is 351 g/mol. The minimum atomic E-state index is -0.112. The molecule has 3 rings (SSSR count). The molecular weight excluding hydrogens is 330 g/mol. The van der Waals surface area contributed by atoms with E-state index in [1.807, 2.05) is 32.0 Å². The molecule has 1 amide bonds. The summed E-state index contributed by atoms with van der Waals surface area (Å²) in [5, 5.41) is 2.76. The number of amides is 1. The van der Waals surface area contributed by atoms with Crippen LogP contribution in [0.5, 0.6) is 11.5 Å². The lowest BCUT2D eigenvalue weighted by atomic mass is 10.0. The highest BCUT2D eigenvalue weighted by atomic mass is 16.5. The molecule has 0 fully saturated rings. The molecule has 0 spiro atoms. The molecule has 0 unspecified atom stereocenters. The molecule has 5 nitrogen and oxygen atoms in total. The Morgan fingerprint density at radius 3 is 2.62 bits per heavy atom. The molecule has 5 heteroatoms. The number of carbonyl (C=O) groups is 2. The van der Waals surface area contributed by atoms with Crippen molar-refractivity contribution < 1.29 is 19.1 Å². The first-order chi connectivity index (χ1) is 12.6. The summed E-state index contributed by atoms with van der Waals surface area (Å²) in [6.45, 7) is 4.93. The molecule has 1 aliphatic rings. The van der Waals surface area contributed by atoms with Crippen LogP contribution in [0.25, 0.3) is 6.08 Å². The number of carbonyl (C=O) groups excluding carboxylic acids is 2. The maximum absolute atomic E-state index is 12.4. The van der Waals surface area contributed by atoms with Gasteiger partial charge in [0.25, 0.3) is 0 Å². The summed E-state index contributed by atoms with van der Waals surface area (Å²) in [5.41, 5.74) is 3.05. The van der Waals surface area contributed by atoms with Crippen molar-refractivity contribution in [2.24, 2.45) is 0 Å². The SMILES string of the molecule is CCOc1ccc(/C=C/C(=O)c2ccc3c(c2)CC(=O)N3)cc1OCC. The molecule has 0 aliphatic carbocycles. The van der Waals surface area contributed by atoms with Crippen molar-refractivity contribution in [3.05, 3.63) is 59.2 Å². The molecule has 0 saturated heterocycles. The molecule has 1 aliphatic heterocycles. The summed E-state index contributed by atoms with van der Waals surface area (Å²) in [6, 6.07) is 10.8. The normalized spacial score (nSPS) is 12.8. The van der Waals surface area contributed by atoms with Crippen molar-refractivity contribution in [3.63, 3.8) is 0 Å². The van der Waals surface area contributed by atoms with Crippen LogP contribution in [0, 0.1) is 0 Å². The molecule has 0 bridgehead atoms. The van der Waals surface area contributed by atoms with E-state index in [2.05, 4.69) is 5.32 Å². The van der Waals surface area contributed by atoms with Crippen LogP contribution in [0.1, 0.15) is 35.3 Å². The number of benzene rings is 2. The maximum atomic E-state index is 12.4. The van der Waals surface area contributed by atoms with Crippen LogP contribution in [-0.2, 0) is 11.2 Å². The minimum absolute atomic E-state index is 0.0435. The average molecular weight is 351 g/mol. The van der Waals surface area contributed by atoms with E-state index >= 15 is 0 Å². The second-order valence-corrected chi connectivity index (χ2v) is 5.87. The number of fused-ring (bicyclic) bond motifs is 1. The highest BCUT2D eigenvalue weighted by molar-refractivity contribution is 6.08. The van der Waals surface area contributed by atoms with E-state index in [0.717, 1.165) is 16.8 Å². The van der Waals surface area contributed by atoms with Crippen molar-refractivity contribution in [1.82, 2.24) is 0 Å². The van der Waals surface area contributed by atoms with Crippen LogP contribution in [0.15, 0.2) is 42.5 Å². The van der Waals surface area contributed by atoms with E-state index in [1.165, 1.54) is 6.08 Å². The standard InChI is InChI=1S/C21H21NO4/c1-3-25-19-10-6-14(11-20(19)26-4-2)5-9-18(23)15-7-8-17-16(12-15)13-21(24)22-17/h5-12H,3-4,13H2,1-2H3,(H,22,24)/b9-5+. The number of hydrogen-bond acceptors (Lipinski definition) is 4. The van der Waals surface area contributed by atoms with Crippen molar-refractivity contribution >= 4 is 23.5 Å². The molecule has 1 N–H and O–H groups in total. The van der Waals surface area contributed by atoms with Gasteiger partial charge in [-0.3, -0.25) is 9.59 Å².